The lowest BCUT2D eigenvalue weighted by atomic mass is 10.3. The van der Waals surface area contributed by atoms with Crippen LogP contribution in [-0.2, 0) is 11.3 Å². The molecule has 2 aromatic rings. The van der Waals surface area contributed by atoms with Gasteiger partial charge in [0.1, 0.15) is 5.52 Å². The summed E-state index contributed by atoms with van der Waals surface area (Å²) in [4.78, 5) is 12.7. The number of hydrogen-bond donors (Lipinski definition) is 2. The molecule has 19 heavy (non-hydrogen) atoms. The van der Waals surface area contributed by atoms with Crippen molar-refractivity contribution in [1.29, 1.82) is 0 Å². The van der Waals surface area contributed by atoms with Crippen LogP contribution >= 0.6 is 21.0 Å². The van der Waals surface area contributed by atoms with Crippen LogP contribution in [0.2, 0.25) is 0 Å². The van der Waals surface area contributed by atoms with Crippen LogP contribution in [0.25, 0.3) is 11.2 Å². The van der Waals surface area contributed by atoms with E-state index in [1.807, 2.05) is 10.8 Å². The second-order valence-electron chi connectivity index (χ2n) is 3.80. The van der Waals surface area contributed by atoms with Crippen LogP contribution in [0.5, 0.6) is 0 Å². The molecule has 2 aromatic heterocycles. The minimum Gasteiger partial charge on any atom is -0.394 e. The minimum atomic E-state index is -0.302. The molecule has 0 aliphatic carbocycles. The molecule has 2 rings (SSSR count). The van der Waals surface area contributed by atoms with Crippen molar-refractivity contribution in [2.75, 3.05) is 24.9 Å². The Labute approximate surface area is 117 Å². The first-order valence-corrected chi connectivity index (χ1v) is 7.68. The molecule has 0 amide bonds. The van der Waals surface area contributed by atoms with E-state index in [9.17, 15) is 5.11 Å². The van der Waals surface area contributed by atoms with E-state index in [1.54, 1.807) is 6.33 Å². The molecular weight excluding hydrogens is 285 g/mol. The first-order chi connectivity index (χ1) is 9.19. The average Bonchev–Trinajstić information content (AvgIpc) is 2.81. The molecule has 0 saturated carbocycles. The predicted octanol–water partition coefficient (Wildman–Crippen LogP) is 0.340. The smallest absolute Gasteiger partial charge is 0.191 e. The van der Waals surface area contributed by atoms with Crippen LogP contribution in [-0.4, -0.2) is 49.9 Å². The molecule has 7 nitrogen and oxygen atoms in total. The van der Waals surface area contributed by atoms with Gasteiger partial charge >= 0.3 is 0 Å². The zero-order chi connectivity index (χ0) is 13.8. The van der Waals surface area contributed by atoms with Crippen molar-refractivity contribution >= 4 is 38.0 Å². The Balaban J connectivity index is 2.35. The van der Waals surface area contributed by atoms with Crippen molar-refractivity contribution in [3.8, 4) is 0 Å². The van der Waals surface area contributed by atoms with Gasteiger partial charge in [0.2, 0.25) is 0 Å². The summed E-state index contributed by atoms with van der Waals surface area (Å²) in [5, 5.41) is 9.85. The van der Waals surface area contributed by atoms with Gasteiger partial charge < -0.3 is 20.1 Å². The first-order valence-electron chi connectivity index (χ1n) is 5.64. The second-order valence-corrected chi connectivity index (χ2v) is 4.91. The van der Waals surface area contributed by atoms with E-state index in [2.05, 4.69) is 24.2 Å². The summed E-state index contributed by atoms with van der Waals surface area (Å²) < 4.78 is 7.20. The Morgan fingerprint density at radius 1 is 1.58 bits per heavy atom. The lowest BCUT2D eigenvalue weighted by Gasteiger charge is -2.14. The Morgan fingerprint density at radius 2 is 2.37 bits per heavy atom. The lowest BCUT2D eigenvalue weighted by Crippen LogP contribution is -2.23. The van der Waals surface area contributed by atoms with Crippen molar-refractivity contribution < 1.29 is 9.84 Å². The third kappa shape index (κ3) is 3.14. The summed E-state index contributed by atoms with van der Waals surface area (Å²) in [6.45, 7) is 0.399. The van der Waals surface area contributed by atoms with E-state index in [1.165, 1.54) is 11.8 Å². The Hall–Kier alpha value is -0.950. The largest absolute Gasteiger partial charge is 0.394 e. The third-order valence-electron chi connectivity index (χ3n) is 2.59. The van der Waals surface area contributed by atoms with Crippen molar-refractivity contribution in [2.24, 2.45) is 0 Å². The normalized spacial score (nSPS) is 13.0. The van der Waals surface area contributed by atoms with Gasteiger partial charge in [0.05, 0.1) is 31.9 Å². The number of rotatable bonds is 6. The van der Waals surface area contributed by atoms with E-state index in [0.29, 0.717) is 35.0 Å². The molecule has 2 atom stereocenters. The maximum Gasteiger partial charge on any atom is 0.191 e. The van der Waals surface area contributed by atoms with Gasteiger partial charge in [-0.1, -0.05) is 11.8 Å². The van der Waals surface area contributed by atoms with Crippen LogP contribution in [0.3, 0.4) is 0 Å². The highest BCUT2D eigenvalue weighted by Crippen LogP contribution is 2.20. The number of ether oxygens (including phenoxy) is 1. The van der Waals surface area contributed by atoms with Gasteiger partial charge in [0.15, 0.2) is 16.6 Å². The Morgan fingerprint density at radius 3 is 3.00 bits per heavy atom. The van der Waals surface area contributed by atoms with Gasteiger partial charge in [-0.15, -0.1) is 9.24 Å². The number of hydrogen-bond acceptors (Lipinski definition) is 7. The molecule has 104 valence electrons. The van der Waals surface area contributed by atoms with E-state index < -0.39 is 0 Å². The molecular formula is C10H16N5O2PS. The summed E-state index contributed by atoms with van der Waals surface area (Å²) in [5.74, 6) is 0.362. The molecule has 9 heteroatoms. The van der Waals surface area contributed by atoms with E-state index >= 15 is 0 Å². The highest BCUT2D eigenvalue weighted by Gasteiger charge is 2.14. The van der Waals surface area contributed by atoms with Crippen LogP contribution in [0.1, 0.15) is 0 Å². The molecule has 0 saturated heterocycles. The highest BCUT2D eigenvalue weighted by atomic mass is 32.2. The number of nitrogens with two attached hydrogens (primary N) is 1. The third-order valence-corrected chi connectivity index (χ3v) is 3.33. The SMILES string of the molecule is CSc1nc(N)c2ncn(CC(CO)OCP)c2n1. The van der Waals surface area contributed by atoms with Crippen LogP contribution in [0.15, 0.2) is 11.5 Å². The highest BCUT2D eigenvalue weighted by molar-refractivity contribution is 7.98. The lowest BCUT2D eigenvalue weighted by molar-refractivity contribution is 0.0290. The van der Waals surface area contributed by atoms with E-state index in [4.69, 9.17) is 10.5 Å². The molecule has 0 fully saturated rings. The first kappa shape index (κ1) is 14.5. The van der Waals surface area contributed by atoms with Crippen molar-refractivity contribution in [1.82, 2.24) is 19.5 Å². The zero-order valence-corrected chi connectivity index (χ0v) is 12.5. The summed E-state index contributed by atoms with van der Waals surface area (Å²) in [6.07, 6.45) is 3.68. The fraction of sp³-hybridized carbons (Fsp3) is 0.500. The quantitative estimate of drug-likeness (QED) is 0.451. The average molecular weight is 301 g/mol. The van der Waals surface area contributed by atoms with Crippen LogP contribution in [0.4, 0.5) is 5.82 Å². The summed E-state index contributed by atoms with van der Waals surface area (Å²) >= 11 is 1.42. The predicted molar refractivity (Wildman–Crippen MR) is 78.1 cm³/mol. The summed E-state index contributed by atoms with van der Waals surface area (Å²) in [7, 11) is 2.46. The topological polar surface area (TPSA) is 99.1 Å². The fourth-order valence-electron chi connectivity index (χ4n) is 1.69. The maximum atomic E-state index is 9.25. The van der Waals surface area contributed by atoms with Crippen molar-refractivity contribution in [3.05, 3.63) is 6.33 Å². The van der Waals surface area contributed by atoms with Gasteiger partial charge in [-0.2, -0.15) is 0 Å². The van der Waals surface area contributed by atoms with E-state index in [-0.39, 0.29) is 12.7 Å². The second kappa shape index (κ2) is 6.47. The molecule has 2 unspecified atom stereocenters. The molecule has 0 aromatic carbocycles. The van der Waals surface area contributed by atoms with Crippen LogP contribution in [0, 0.1) is 0 Å². The van der Waals surface area contributed by atoms with Gasteiger partial charge in [-0.25, -0.2) is 15.0 Å². The molecule has 0 aliphatic rings. The van der Waals surface area contributed by atoms with Gasteiger partial charge in [-0.05, 0) is 6.26 Å². The minimum absolute atomic E-state index is 0.0655. The van der Waals surface area contributed by atoms with Gasteiger partial charge in [0, 0.05) is 0 Å². The monoisotopic (exact) mass is 301 g/mol. The number of aliphatic hydroxyl groups excluding tert-OH is 1. The molecule has 0 aliphatic heterocycles. The number of fused-ring (bicyclic) bond motifs is 1. The molecule has 0 spiro atoms. The zero-order valence-electron chi connectivity index (χ0n) is 10.5. The number of nitrogen functional groups attached to an aromatic ring is 1. The number of aromatic nitrogens is 4. The number of nitrogens with zero attached hydrogens (tertiary/aromatic N) is 4. The molecule has 0 radical (unpaired) electrons. The van der Waals surface area contributed by atoms with Gasteiger partial charge in [-0.3, -0.25) is 0 Å². The molecule has 2 heterocycles. The number of imidazole rings is 1. The van der Waals surface area contributed by atoms with E-state index in [0.717, 1.165) is 0 Å². The maximum absolute atomic E-state index is 9.25. The molecule has 3 N–H and O–H groups in total. The molecule has 0 bridgehead atoms. The van der Waals surface area contributed by atoms with Gasteiger partial charge in [0.25, 0.3) is 0 Å². The Bertz CT molecular complexity index is 564. The standard InChI is InChI=1S/C10H16N5O2PS/c1-19-10-13-8(11)7-9(14-10)15(4-12-7)2-6(3-16)17-5-18/h4,6,16H,2-3,5,18H2,1H3,(H2,11,13,14). The number of aliphatic hydroxyl groups is 1. The fourth-order valence-corrected chi connectivity index (χ4v) is 2.33. The number of thioether (sulfide) groups is 1. The Kier molecular flexibility index (Phi) is 4.93. The van der Waals surface area contributed by atoms with Crippen molar-refractivity contribution in [3.63, 3.8) is 0 Å². The van der Waals surface area contributed by atoms with Crippen molar-refractivity contribution in [2.45, 2.75) is 17.8 Å². The summed E-state index contributed by atoms with van der Waals surface area (Å²) in [5.41, 5.74) is 7.07. The number of anilines is 1. The van der Waals surface area contributed by atoms with Crippen LogP contribution < -0.4 is 5.73 Å². The summed E-state index contributed by atoms with van der Waals surface area (Å²) in [6, 6.07) is 0.